The van der Waals surface area contributed by atoms with Gasteiger partial charge in [-0.25, -0.2) is 9.78 Å². The molecule has 0 spiro atoms. The molecule has 0 aliphatic rings. The van der Waals surface area contributed by atoms with Gasteiger partial charge in [0.25, 0.3) is 0 Å². The van der Waals surface area contributed by atoms with Crippen LogP contribution in [0.25, 0.3) is 5.65 Å². The van der Waals surface area contributed by atoms with E-state index in [1.807, 2.05) is 43.3 Å². The van der Waals surface area contributed by atoms with Crippen molar-refractivity contribution in [2.45, 2.75) is 13.0 Å². The largest absolute Gasteiger partial charge is 0.476 e. The van der Waals surface area contributed by atoms with Gasteiger partial charge in [0.1, 0.15) is 5.65 Å². The molecule has 0 aliphatic heterocycles. The summed E-state index contributed by atoms with van der Waals surface area (Å²) < 4.78 is 1.57. The minimum atomic E-state index is -1.00. The first-order chi connectivity index (χ1) is 10.2. The number of nitrogens with zero attached hydrogens (tertiary/aromatic N) is 2. The highest BCUT2D eigenvalue weighted by Crippen LogP contribution is 2.23. The molecule has 106 valence electrons. The van der Waals surface area contributed by atoms with Crippen LogP contribution in [-0.2, 0) is 0 Å². The summed E-state index contributed by atoms with van der Waals surface area (Å²) in [5.74, 6) is -0.624. The van der Waals surface area contributed by atoms with Gasteiger partial charge in [-0.15, -0.1) is 0 Å². The van der Waals surface area contributed by atoms with E-state index in [-0.39, 0.29) is 11.7 Å². The number of carboxylic acid groups (broad SMARTS) is 1. The van der Waals surface area contributed by atoms with E-state index in [2.05, 4.69) is 10.3 Å². The summed E-state index contributed by atoms with van der Waals surface area (Å²) in [7, 11) is 0. The molecule has 1 atom stereocenters. The summed E-state index contributed by atoms with van der Waals surface area (Å²) in [5.41, 5.74) is 1.83. The predicted molar refractivity (Wildman–Crippen MR) is 80.6 cm³/mol. The topological polar surface area (TPSA) is 66.6 Å². The Kier molecular flexibility index (Phi) is 3.31. The number of benzene rings is 1. The molecule has 1 aromatic carbocycles. The molecule has 0 bridgehead atoms. The standard InChI is InChI=1S/C16H15N3O2/c1-11(12-7-3-2-4-8-12)17-15-14(16(20)21)19-10-6-5-9-13(19)18-15/h2-11,17H,1H3,(H,20,21). The van der Waals surface area contributed by atoms with E-state index in [0.29, 0.717) is 11.5 Å². The van der Waals surface area contributed by atoms with E-state index in [0.717, 1.165) is 5.56 Å². The van der Waals surface area contributed by atoms with Crippen LogP contribution in [0.1, 0.15) is 29.0 Å². The van der Waals surface area contributed by atoms with Gasteiger partial charge in [-0.05, 0) is 24.6 Å². The molecule has 0 saturated carbocycles. The Morgan fingerprint density at radius 2 is 1.90 bits per heavy atom. The third-order valence-corrected chi connectivity index (χ3v) is 3.39. The number of pyridine rings is 1. The van der Waals surface area contributed by atoms with Crippen LogP contribution in [-0.4, -0.2) is 20.5 Å². The third kappa shape index (κ3) is 2.45. The van der Waals surface area contributed by atoms with Crippen molar-refractivity contribution in [1.82, 2.24) is 9.38 Å². The van der Waals surface area contributed by atoms with E-state index in [1.165, 1.54) is 0 Å². The molecule has 0 radical (unpaired) electrons. The maximum Gasteiger partial charge on any atom is 0.356 e. The molecular weight excluding hydrogens is 266 g/mol. The predicted octanol–water partition coefficient (Wildman–Crippen LogP) is 3.21. The molecule has 2 heterocycles. The second-order valence-corrected chi connectivity index (χ2v) is 4.82. The summed E-state index contributed by atoms with van der Waals surface area (Å²) in [4.78, 5) is 15.9. The number of anilines is 1. The normalized spacial score (nSPS) is 12.2. The van der Waals surface area contributed by atoms with Gasteiger partial charge in [-0.2, -0.15) is 0 Å². The molecule has 2 aromatic heterocycles. The fraction of sp³-hybridized carbons (Fsp3) is 0.125. The maximum absolute atomic E-state index is 11.5. The van der Waals surface area contributed by atoms with Gasteiger partial charge in [0.05, 0.1) is 6.04 Å². The Labute approximate surface area is 121 Å². The van der Waals surface area contributed by atoms with Crippen molar-refractivity contribution in [1.29, 1.82) is 0 Å². The van der Waals surface area contributed by atoms with Crippen molar-refractivity contribution in [2.24, 2.45) is 0 Å². The minimum absolute atomic E-state index is 0.0331. The number of carbonyl (C=O) groups is 1. The molecule has 0 aliphatic carbocycles. The zero-order valence-electron chi connectivity index (χ0n) is 11.5. The summed E-state index contributed by atoms with van der Waals surface area (Å²) in [6, 6.07) is 15.2. The van der Waals surface area contributed by atoms with Crippen molar-refractivity contribution in [3.63, 3.8) is 0 Å². The van der Waals surface area contributed by atoms with Crippen molar-refractivity contribution in [3.8, 4) is 0 Å². The lowest BCUT2D eigenvalue weighted by molar-refractivity contribution is 0.0690. The van der Waals surface area contributed by atoms with Crippen molar-refractivity contribution in [3.05, 3.63) is 66.0 Å². The Morgan fingerprint density at radius 1 is 1.19 bits per heavy atom. The van der Waals surface area contributed by atoms with Crippen molar-refractivity contribution < 1.29 is 9.90 Å². The van der Waals surface area contributed by atoms with E-state index >= 15 is 0 Å². The van der Waals surface area contributed by atoms with Crippen LogP contribution in [0.3, 0.4) is 0 Å². The van der Waals surface area contributed by atoms with Crippen LogP contribution in [0, 0.1) is 0 Å². The second kappa shape index (κ2) is 5.28. The minimum Gasteiger partial charge on any atom is -0.476 e. The Hall–Kier alpha value is -2.82. The SMILES string of the molecule is CC(Nc1nc2ccccn2c1C(=O)O)c1ccccc1. The van der Waals surface area contributed by atoms with Crippen LogP contribution < -0.4 is 5.32 Å². The van der Waals surface area contributed by atoms with Gasteiger partial charge in [0.2, 0.25) is 0 Å². The molecule has 5 nitrogen and oxygen atoms in total. The van der Waals surface area contributed by atoms with Gasteiger partial charge in [0, 0.05) is 6.20 Å². The average Bonchev–Trinajstić information content (AvgIpc) is 2.86. The second-order valence-electron chi connectivity index (χ2n) is 4.82. The summed E-state index contributed by atoms with van der Waals surface area (Å²) in [6.07, 6.45) is 1.70. The van der Waals surface area contributed by atoms with Crippen molar-refractivity contribution >= 4 is 17.4 Å². The monoisotopic (exact) mass is 281 g/mol. The van der Waals surface area contributed by atoms with Crippen LogP contribution in [0.15, 0.2) is 54.7 Å². The fourth-order valence-corrected chi connectivity index (χ4v) is 2.33. The molecule has 3 aromatic rings. The number of aromatic carboxylic acids is 1. The quantitative estimate of drug-likeness (QED) is 0.770. The van der Waals surface area contributed by atoms with E-state index < -0.39 is 5.97 Å². The molecule has 5 heteroatoms. The number of carboxylic acids is 1. The lowest BCUT2D eigenvalue weighted by atomic mass is 10.1. The van der Waals surface area contributed by atoms with Gasteiger partial charge < -0.3 is 10.4 Å². The highest BCUT2D eigenvalue weighted by molar-refractivity contribution is 5.93. The van der Waals surface area contributed by atoms with Crippen LogP contribution >= 0.6 is 0 Å². The first-order valence-electron chi connectivity index (χ1n) is 6.68. The summed E-state index contributed by atoms with van der Waals surface area (Å²) in [5, 5.41) is 12.6. The summed E-state index contributed by atoms with van der Waals surface area (Å²) in [6.45, 7) is 1.98. The number of imidazole rings is 1. The number of hydrogen-bond donors (Lipinski definition) is 2. The van der Waals surface area contributed by atoms with Gasteiger partial charge >= 0.3 is 5.97 Å². The van der Waals surface area contributed by atoms with Gasteiger partial charge in [-0.3, -0.25) is 4.40 Å². The van der Waals surface area contributed by atoms with E-state index in [4.69, 9.17) is 0 Å². The molecule has 1 unspecified atom stereocenters. The molecule has 0 saturated heterocycles. The van der Waals surface area contributed by atoms with Crippen molar-refractivity contribution in [2.75, 3.05) is 5.32 Å². The number of nitrogens with one attached hydrogen (secondary N) is 1. The lowest BCUT2D eigenvalue weighted by Gasteiger charge is -2.14. The van der Waals surface area contributed by atoms with E-state index in [9.17, 15) is 9.90 Å². The maximum atomic E-state index is 11.5. The number of fused-ring (bicyclic) bond motifs is 1. The van der Waals surface area contributed by atoms with Gasteiger partial charge in [-0.1, -0.05) is 36.4 Å². The zero-order chi connectivity index (χ0) is 14.8. The Balaban J connectivity index is 2.00. The molecular formula is C16H15N3O2. The Bertz CT molecular complexity index is 781. The summed E-state index contributed by atoms with van der Waals surface area (Å²) >= 11 is 0. The highest BCUT2D eigenvalue weighted by atomic mass is 16.4. The lowest BCUT2D eigenvalue weighted by Crippen LogP contribution is -2.11. The molecule has 21 heavy (non-hydrogen) atoms. The number of aromatic nitrogens is 2. The molecule has 0 fully saturated rings. The molecule has 0 amide bonds. The smallest absolute Gasteiger partial charge is 0.356 e. The highest BCUT2D eigenvalue weighted by Gasteiger charge is 2.19. The number of hydrogen-bond acceptors (Lipinski definition) is 3. The van der Waals surface area contributed by atoms with Crippen LogP contribution in [0.5, 0.6) is 0 Å². The van der Waals surface area contributed by atoms with Crippen LogP contribution in [0.2, 0.25) is 0 Å². The Morgan fingerprint density at radius 3 is 2.62 bits per heavy atom. The van der Waals surface area contributed by atoms with Gasteiger partial charge in [0.15, 0.2) is 11.5 Å². The molecule has 3 rings (SSSR count). The van der Waals surface area contributed by atoms with E-state index in [1.54, 1.807) is 22.7 Å². The number of rotatable bonds is 4. The van der Waals surface area contributed by atoms with Crippen LogP contribution in [0.4, 0.5) is 5.82 Å². The third-order valence-electron chi connectivity index (χ3n) is 3.39. The molecule has 2 N–H and O–H groups in total. The first kappa shape index (κ1) is 13.2. The average molecular weight is 281 g/mol. The fourth-order valence-electron chi connectivity index (χ4n) is 2.33. The first-order valence-corrected chi connectivity index (χ1v) is 6.68. The zero-order valence-corrected chi connectivity index (χ0v) is 11.5.